The lowest BCUT2D eigenvalue weighted by atomic mass is 10.6. The first-order chi connectivity index (χ1) is 3.62. The van der Waals surface area contributed by atoms with Crippen molar-refractivity contribution in [2.75, 3.05) is 13.3 Å². The van der Waals surface area contributed by atoms with Gasteiger partial charge in [-0.1, -0.05) is 6.92 Å². The van der Waals surface area contributed by atoms with Gasteiger partial charge >= 0.3 is 7.60 Å². The van der Waals surface area contributed by atoms with Gasteiger partial charge in [0, 0.05) is 13.3 Å². The zero-order valence-corrected chi connectivity index (χ0v) is 5.73. The Labute approximate surface area is 49.2 Å². The minimum Gasteiger partial charge on any atom is -0.324 e. The van der Waals surface area contributed by atoms with Gasteiger partial charge in [-0.3, -0.25) is 4.57 Å². The maximum absolute atomic E-state index is 10.5. The molecular formula is C4H10O3P. The first kappa shape index (κ1) is 8.15. The molecule has 1 unspecified atom stereocenters. The van der Waals surface area contributed by atoms with Crippen LogP contribution in [0, 0.1) is 6.92 Å². The topological polar surface area (TPSA) is 46.5 Å². The predicted octanol–water partition coefficient (Wildman–Crippen LogP) is 1.04. The molecule has 0 rings (SSSR count). The van der Waals surface area contributed by atoms with E-state index < -0.39 is 7.60 Å². The van der Waals surface area contributed by atoms with Crippen molar-refractivity contribution in [2.24, 2.45) is 0 Å². The molecule has 49 valence electrons. The van der Waals surface area contributed by atoms with Crippen molar-refractivity contribution in [1.82, 2.24) is 0 Å². The van der Waals surface area contributed by atoms with Crippen LogP contribution in [-0.2, 0) is 9.09 Å². The summed E-state index contributed by atoms with van der Waals surface area (Å²) in [4.78, 5) is 8.62. The van der Waals surface area contributed by atoms with Crippen LogP contribution in [0.15, 0.2) is 0 Å². The molecule has 1 radical (unpaired) electrons. The van der Waals surface area contributed by atoms with Crippen molar-refractivity contribution < 1.29 is 14.0 Å². The smallest absolute Gasteiger partial charge is 0.324 e. The van der Waals surface area contributed by atoms with Crippen molar-refractivity contribution >= 4 is 7.60 Å². The van der Waals surface area contributed by atoms with Gasteiger partial charge in [0.05, 0.1) is 0 Å². The standard InChI is InChI=1S/C4H10O3P/c1-3-4-8(5,6)7-2/h1,3-4H2,2H3,(H,5,6). The molecule has 0 bridgehead atoms. The first-order valence-electron chi connectivity index (χ1n) is 2.29. The van der Waals surface area contributed by atoms with Crippen LogP contribution in [0.5, 0.6) is 0 Å². The molecule has 0 aliphatic heterocycles. The normalized spacial score (nSPS) is 17.9. The monoisotopic (exact) mass is 137 g/mol. The second-order valence-corrected chi connectivity index (χ2v) is 3.48. The summed E-state index contributed by atoms with van der Waals surface area (Å²) in [6, 6.07) is 0. The van der Waals surface area contributed by atoms with Crippen LogP contribution < -0.4 is 0 Å². The Bertz CT molecular complexity index is 101. The molecule has 0 saturated carbocycles. The lowest BCUT2D eigenvalue weighted by molar-refractivity contribution is 0.316. The van der Waals surface area contributed by atoms with Gasteiger partial charge in [0.2, 0.25) is 0 Å². The lowest BCUT2D eigenvalue weighted by Gasteiger charge is -2.04. The summed E-state index contributed by atoms with van der Waals surface area (Å²) in [6.07, 6.45) is 0.575. The maximum Gasteiger partial charge on any atom is 0.327 e. The van der Waals surface area contributed by atoms with Crippen molar-refractivity contribution in [2.45, 2.75) is 6.42 Å². The quantitative estimate of drug-likeness (QED) is 0.591. The molecule has 0 spiro atoms. The van der Waals surface area contributed by atoms with E-state index in [0.29, 0.717) is 6.42 Å². The van der Waals surface area contributed by atoms with Crippen LogP contribution in [-0.4, -0.2) is 18.2 Å². The van der Waals surface area contributed by atoms with Crippen LogP contribution in [0.3, 0.4) is 0 Å². The summed E-state index contributed by atoms with van der Waals surface area (Å²) in [5, 5.41) is 0. The molecule has 0 aliphatic carbocycles. The third kappa shape index (κ3) is 3.19. The Hall–Kier alpha value is 0.150. The van der Waals surface area contributed by atoms with Crippen molar-refractivity contribution in [3.05, 3.63) is 6.92 Å². The molecule has 0 heterocycles. The van der Waals surface area contributed by atoms with Gasteiger partial charge in [-0.15, -0.1) is 0 Å². The highest BCUT2D eigenvalue weighted by atomic mass is 31.2. The van der Waals surface area contributed by atoms with E-state index in [4.69, 9.17) is 4.89 Å². The third-order valence-corrected chi connectivity index (χ3v) is 2.18. The molecule has 0 aliphatic rings. The van der Waals surface area contributed by atoms with Gasteiger partial charge in [0.15, 0.2) is 0 Å². The fourth-order valence-corrected chi connectivity index (χ4v) is 0.873. The van der Waals surface area contributed by atoms with E-state index in [-0.39, 0.29) is 6.16 Å². The second kappa shape index (κ2) is 3.23. The van der Waals surface area contributed by atoms with Crippen LogP contribution in [0.2, 0.25) is 0 Å². The molecule has 0 fully saturated rings. The molecule has 3 nitrogen and oxygen atoms in total. The summed E-state index contributed by atoms with van der Waals surface area (Å²) < 4.78 is 14.7. The number of hydrogen-bond acceptors (Lipinski definition) is 2. The Morgan fingerprint density at radius 2 is 2.38 bits per heavy atom. The third-order valence-electron chi connectivity index (χ3n) is 0.726. The molecule has 4 heteroatoms. The maximum atomic E-state index is 10.5. The van der Waals surface area contributed by atoms with E-state index in [0.717, 1.165) is 0 Å². The molecule has 0 aromatic rings. The minimum absolute atomic E-state index is 0.142. The molecule has 0 saturated heterocycles. The van der Waals surface area contributed by atoms with E-state index in [1.54, 1.807) is 0 Å². The van der Waals surface area contributed by atoms with E-state index in [1.807, 2.05) is 0 Å². The van der Waals surface area contributed by atoms with Crippen LogP contribution in [0.1, 0.15) is 6.42 Å². The van der Waals surface area contributed by atoms with Crippen molar-refractivity contribution in [3.8, 4) is 0 Å². The fraction of sp³-hybridized carbons (Fsp3) is 0.750. The molecular weight excluding hydrogens is 127 g/mol. The molecule has 0 aromatic heterocycles. The summed E-state index contributed by atoms with van der Waals surface area (Å²) in [6.45, 7) is 3.41. The Kier molecular flexibility index (Phi) is 3.29. The largest absolute Gasteiger partial charge is 0.327 e. The summed E-state index contributed by atoms with van der Waals surface area (Å²) in [5.41, 5.74) is 0. The highest BCUT2D eigenvalue weighted by Gasteiger charge is 2.13. The average molecular weight is 137 g/mol. The first-order valence-corrected chi connectivity index (χ1v) is 4.05. The Morgan fingerprint density at radius 3 is 2.50 bits per heavy atom. The summed E-state index contributed by atoms with van der Waals surface area (Å²) in [5.74, 6) is 0. The van der Waals surface area contributed by atoms with Crippen molar-refractivity contribution in [1.29, 1.82) is 0 Å². The average Bonchev–Trinajstić information content (AvgIpc) is 1.67. The van der Waals surface area contributed by atoms with Crippen LogP contribution in [0.4, 0.5) is 0 Å². The zero-order chi connectivity index (χ0) is 6.62. The Balaban J connectivity index is 3.55. The Morgan fingerprint density at radius 1 is 1.88 bits per heavy atom. The molecule has 0 aromatic carbocycles. The molecule has 8 heavy (non-hydrogen) atoms. The minimum atomic E-state index is -3.24. The zero-order valence-electron chi connectivity index (χ0n) is 4.83. The summed E-state index contributed by atoms with van der Waals surface area (Å²) in [7, 11) is -2.02. The van der Waals surface area contributed by atoms with Gasteiger partial charge in [-0.25, -0.2) is 0 Å². The van der Waals surface area contributed by atoms with Gasteiger partial charge < -0.3 is 9.42 Å². The number of hydrogen-bond donors (Lipinski definition) is 1. The van der Waals surface area contributed by atoms with Gasteiger partial charge in [0.1, 0.15) is 0 Å². The lowest BCUT2D eigenvalue weighted by Crippen LogP contribution is -1.87. The second-order valence-electron chi connectivity index (χ2n) is 1.40. The van der Waals surface area contributed by atoms with Crippen LogP contribution in [0.25, 0.3) is 0 Å². The van der Waals surface area contributed by atoms with E-state index in [9.17, 15) is 4.57 Å². The fourth-order valence-electron chi connectivity index (χ4n) is 0.291. The van der Waals surface area contributed by atoms with Crippen LogP contribution >= 0.6 is 7.60 Å². The van der Waals surface area contributed by atoms with Gasteiger partial charge in [-0.05, 0) is 6.42 Å². The summed E-state index contributed by atoms with van der Waals surface area (Å²) >= 11 is 0. The van der Waals surface area contributed by atoms with E-state index in [1.165, 1.54) is 7.11 Å². The van der Waals surface area contributed by atoms with Gasteiger partial charge in [-0.2, -0.15) is 0 Å². The highest BCUT2D eigenvalue weighted by Crippen LogP contribution is 2.40. The van der Waals surface area contributed by atoms with Crippen molar-refractivity contribution in [3.63, 3.8) is 0 Å². The molecule has 1 N–H and O–H groups in total. The SMILES string of the molecule is [CH2]CCP(=O)(O)OC. The molecule has 1 atom stereocenters. The molecule has 0 amide bonds. The van der Waals surface area contributed by atoms with E-state index >= 15 is 0 Å². The van der Waals surface area contributed by atoms with E-state index in [2.05, 4.69) is 11.4 Å². The number of rotatable bonds is 3. The highest BCUT2D eigenvalue weighted by molar-refractivity contribution is 7.52. The predicted molar refractivity (Wildman–Crippen MR) is 31.7 cm³/mol. The van der Waals surface area contributed by atoms with Gasteiger partial charge in [0.25, 0.3) is 0 Å².